The Labute approximate surface area is 103 Å². The van der Waals surface area contributed by atoms with E-state index in [0.29, 0.717) is 0 Å². The zero-order valence-electron chi connectivity index (χ0n) is 9.01. The number of esters is 1. The standard InChI is InChI=1S/C11H10ClNO4/c1-2-17-9(14)6-13-10-7(11(15)16)4-3-5-8(10)12/h3-6H,2H2,1H3,(H,15,16). The molecule has 0 unspecified atom stereocenters. The Hall–Kier alpha value is -1.88. The molecule has 0 amide bonds. The minimum Gasteiger partial charge on any atom is -0.478 e. The van der Waals surface area contributed by atoms with Crippen molar-refractivity contribution < 1.29 is 19.4 Å². The maximum absolute atomic E-state index is 11.0. The van der Waals surface area contributed by atoms with Gasteiger partial charge in [-0.25, -0.2) is 14.6 Å². The van der Waals surface area contributed by atoms with Crippen molar-refractivity contribution in [2.75, 3.05) is 6.61 Å². The van der Waals surface area contributed by atoms with Gasteiger partial charge in [0.1, 0.15) is 6.21 Å². The van der Waals surface area contributed by atoms with Gasteiger partial charge in [-0.3, -0.25) is 0 Å². The topological polar surface area (TPSA) is 76.0 Å². The maximum atomic E-state index is 11.0. The Morgan fingerprint density at radius 2 is 2.24 bits per heavy atom. The van der Waals surface area contributed by atoms with Gasteiger partial charge in [0, 0.05) is 0 Å². The van der Waals surface area contributed by atoms with Gasteiger partial charge in [0.15, 0.2) is 0 Å². The Bertz CT molecular complexity index is 471. The van der Waals surface area contributed by atoms with Crippen LogP contribution in [0.25, 0.3) is 0 Å². The van der Waals surface area contributed by atoms with Crippen molar-refractivity contribution in [2.45, 2.75) is 6.92 Å². The van der Waals surface area contributed by atoms with Crippen LogP contribution in [-0.2, 0) is 9.53 Å². The van der Waals surface area contributed by atoms with Crippen molar-refractivity contribution >= 4 is 35.4 Å². The largest absolute Gasteiger partial charge is 0.478 e. The second-order valence-electron chi connectivity index (χ2n) is 2.95. The summed E-state index contributed by atoms with van der Waals surface area (Å²) in [6.07, 6.45) is 0.900. The lowest BCUT2D eigenvalue weighted by atomic mass is 10.2. The highest BCUT2D eigenvalue weighted by molar-refractivity contribution is 6.34. The number of carboxylic acid groups (broad SMARTS) is 1. The third kappa shape index (κ3) is 3.57. The molecule has 1 aromatic rings. The number of hydrogen-bond donors (Lipinski definition) is 1. The highest BCUT2D eigenvalue weighted by Crippen LogP contribution is 2.28. The van der Waals surface area contributed by atoms with Crippen molar-refractivity contribution in [1.82, 2.24) is 0 Å². The molecule has 17 heavy (non-hydrogen) atoms. The van der Waals surface area contributed by atoms with E-state index in [2.05, 4.69) is 9.73 Å². The zero-order chi connectivity index (χ0) is 12.8. The van der Waals surface area contributed by atoms with Crippen molar-refractivity contribution in [3.05, 3.63) is 28.8 Å². The highest BCUT2D eigenvalue weighted by atomic mass is 35.5. The minimum atomic E-state index is -1.16. The van der Waals surface area contributed by atoms with E-state index >= 15 is 0 Å². The molecule has 0 aliphatic rings. The van der Waals surface area contributed by atoms with Crippen molar-refractivity contribution in [2.24, 2.45) is 4.99 Å². The monoisotopic (exact) mass is 255 g/mol. The van der Waals surface area contributed by atoms with Crippen LogP contribution in [0.15, 0.2) is 23.2 Å². The van der Waals surface area contributed by atoms with Crippen LogP contribution in [0, 0.1) is 0 Å². The van der Waals surface area contributed by atoms with Crippen molar-refractivity contribution in [3.63, 3.8) is 0 Å². The molecule has 0 aliphatic heterocycles. The SMILES string of the molecule is CCOC(=O)C=Nc1c(Cl)cccc1C(=O)O. The number of halogens is 1. The van der Waals surface area contributed by atoms with E-state index in [1.54, 1.807) is 6.92 Å². The number of carboxylic acids is 1. The van der Waals surface area contributed by atoms with E-state index in [9.17, 15) is 9.59 Å². The van der Waals surface area contributed by atoms with E-state index in [-0.39, 0.29) is 22.9 Å². The van der Waals surface area contributed by atoms with Gasteiger partial charge in [-0.05, 0) is 19.1 Å². The van der Waals surface area contributed by atoms with Gasteiger partial charge in [0.2, 0.25) is 0 Å². The molecule has 0 fully saturated rings. The molecule has 90 valence electrons. The van der Waals surface area contributed by atoms with Crippen LogP contribution in [0.1, 0.15) is 17.3 Å². The summed E-state index contributed by atoms with van der Waals surface area (Å²) in [5, 5.41) is 9.07. The number of aromatic carboxylic acids is 1. The van der Waals surface area contributed by atoms with Crippen LogP contribution in [0.5, 0.6) is 0 Å². The molecular weight excluding hydrogens is 246 g/mol. The number of ether oxygens (including phenoxy) is 1. The molecular formula is C11H10ClNO4. The van der Waals surface area contributed by atoms with Crippen LogP contribution < -0.4 is 0 Å². The number of para-hydroxylation sites is 1. The van der Waals surface area contributed by atoms with E-state index in [1.807, 2.05) is 0 Å². The molecule has 0 spiro atoms. The second-order valence-corrected chi connectivity index (χ2v) is 3.36. The molecule has 1 aromatic carbocycles. The van der Waals surface area contributed by atoms with Crippen LogP contribution in [0.2, 0.25) is 5.02 Å². The quantitative estimate of drug-likeness (QED) is 0.662. The summed E-state index contributed by atoms with van der Waals surface area (Å²) in [7, 11) is 0. The Kier molecular flexibility index (Phi) is 4.66. The lowest BCUT2D eigenvalue weighted by molar-refractivity contribution is -0.134. The second kappa shape index (κ2) is 6.00. The average molecular weight is 256 g/mol. The average Bonchev–Trinajstić information content (AvgIpc) is 2.27. The predicted molar refractivity (Wildman–Crippen MR) is 63.2 cm³/mol. The Morgan fingerprint density at radius 1 is 1.53 bits per heavy atom. The lowest BCUT2D eigenvalue weighted by Gasteiger charge is -2.02. The number of hydrogen-bond acceptors (Lipinski definition) is 4. The fraction of sp³-hybridized carbons (Fsp3) is 0.182. The number of benzene rings is 1. The summed E-state index contributed by atoms with van der Waals surface area (Å²) in [6.45, 7) is 1.88. The number of nitrogens with zero attached hydrogens (tertiary/aromatic N) is 1. The van der Waals surface area contributed by atoms with E-state index in [4.69, 9.17) is 16.7 Å². The summed E-state index contributed by atoms with van der Waals surface area (Å²) in [6, 6.07) is 4.34. The summed E-state index contributed by atoms with van der Waals surface area (Å²) < 4.78 is 4.63. The molecule has 0 atom stereocenters. The Balaban J connectivity index is 3.05. The van der Waals surface area contributed by atoms with Gasteiger partial charge >= 0.3 is 11.9 Å². The number of rotatable bonds is 4. The van der Waals surface area contributed by atoms with Crippen LogP contribution in [0.4, 0.5) is 5.69 Å². The van der Waals surface area contributed by atoms with E-state index in [0.717, 1.165) is 6.21 Å². The van der Waals surface area contributed by atoms with Crippen LogP contribution in [0.3, 0.4) is 0 Å². The number of aliphatic imine (C=N–C) groups is 1. The number of carbonyl (C=O) groups excluding carboxylic acids is 1. The molecule has 0 aliphatic carbocycles. The summed E-state index contributed by atoms with van der Waals surface area (Å²) in [4.78, 5) is 25.7. The molecule has 0 saturated carbocycles. The summed E-state index contributed by atoms with van der Waals surface area (Å²) in [5.41, 5.74) is -0.0345. The first-order chi connectivity index (χ1) is 8.06. The third-order valence-corrected chi connectivity index (χ3v) is 2.11. The molecule has 5 nitrogen and oxygen atoms in total. The van der Waals surface area contributed by atoms with Crippen molar-refractivity contribution in [1.29, 1.82) is 0 Å². The zero-order valence-corrected chi connectivity index (χ0v) is 9.77. The lowest BCUT2D eigenvalue weighted by Crippen LogP contribution is -2.05. The molecule has 0 radical (unpaired) electrons. The van der Waals surface area contributed by atoms with Gasteiger partial charge in [-0.15, -0.1) is 0 Å². The van der Waals surface area contributed by atoms with Crippen LogP contribution >= 0.6 is 11.6 Å². The predicted octanol–water partition coefficient (Wildman–Crippen LogP) is 2.30. The van der Waals surface area contributed by atoms with Gasteiger partial charge in [-0.2, -0.15) is 0 Å². The normalized spacial score (nSPS) is 10.5. The highest BCUT2D eigenvalue weighted by Gasteiger charge is 2.12. The maximum Gasteiger partial charge on any atom is 0.349 e. The first-order valence-corrected chi connectivity index (χ1v) is 5.16. The van der Waals surface area contributed by atoms with Crippen molar-refractivity contribution in [3.8, 4) is 0 Å². The molecule has 0 aromatic heterocycles. The molecule has 1 rings (SSSR count). The van der Waals surface area contributed by atoms with Gasteiger partial charge in [0.25, 0.3) is 0 Å². The summed E-state index contributed by atoms with van der Waals surface area (Å²) in [5.74, 6) is -1.81. The Morgan fingerprint density at radius 3 is 2.82 bits per heavy atom. The van der Waals surface area contributed by atoms with Gasteiger partial charge in [-0.1, -0.05) is 17.7 Å². The smallest absolute Gasteiger partial charge is 0.349 e. The molecule has 0 heterocycles. The fourth-order valence-corrected chi connectivity index (χ4v) is 1.34. The molecule has 0 bridgehead atoms. The molecule has 1 N–H and O–H groups in total. The first kappa shape index (κ1) is 13.2. The summed E-state index contributed by atoms with van der Waals surface area (Å²) >= 11 is 5.80. The van der Waals surface area contributed by atoms with Gasteiger partial charge < -0.3 is 9.84 Å². The fourth-order valence-electron chi connectivity index (χ4n) is 1.12. The minimum absolute atomic E-state index is 0.0368. The molecule has 6 heteroatoms. The first-order valence-electron chi connectivity index (χ1n) is 4.79. The van der Waals surface area contributed by atoms with Gasteiger partial charge in [0.05, 0.1) is 22.9 Å². The van der Waals surface area contributed by atoms with E-state index in [1.165, 1.54) is 18.2 Å². The molecule has 0 saturated heterocycles. The third-order valence-electron chi connectivity index (χ3n) is 1.80. The van der Waals surface area contributed by atoms with E-state index < -0.39 is 11.9 Å². The van der Waals surface area contributed by atoms with Crippen LogP contribution in [-0.4, -0.2) is 29.9 Å². The number of carbonyl (C=O) groups is 2.